The Labute approximate surface area is 113 Å². The van der Waals surface area contributed by atoms with Gasteiger partial charge in [-0.05, 0) is 24.6 Å². The van der Waals surface area contributed by atoms with Gasteiger partial charge in [0.15, 0.2) is 11.6 Å². The van der Waals surface area contributed by atoms with E-state index in [2.05, 4.69) is 0 Å². The van der Waals surface area contributed by atoms with Crippen LogP contribution in [0.2, 0.25) is 0 Å². The molecular weight excluding hydrogens is 249 g/mol. The highest BCUT2D eigenvalue weighted by Crippen LogP contribution is 2.21. The molecule has 0 spiro atoms. The van der Waals surface area contributed by atoms with E-state index in [0.29, 0.717) is 32.8 Å². The molecule has 4 nitrogen and oxygen atoms in total. The van der Waals surface area contributed by atoms with E-state index in [0.717, 1.165) is 5.56 Å². The molecule has 0 saturated carbocycles. The summed E-state index contributed by atoms with van der Waals surface area (Å²) in [6.45, 7) is 3.94. The monoisotopic (exact) mass is 271 g/mol. The highest BCUT2D eigenvalue weighted by Gasteiger charge is 2.07. The molecule has 2 N–H and O–H groups in total. The molecule has 1 aromatic carbocycles. The molecule has 0 fully saturated rings. The lowest BCUT2D eigenvalue weighted by Crippen LogP contribution is -2.08. The maximum absolute atomic E-state index is 13.7. The molecule has 5 heteroatoms. The van der Waals surface area contributed by atoms with Crippen LogP contribution in [0.15, 0.2) is 18.2 Å². The zero-order chi connectivity index (χ0) is 14.1. The van der Waals surface area contributed by atoms with Gasteiger partial charge in [-0.1, -0.05) is 6.07 Å². The first-order valence-electron chi connectivity index (χ1n) is 6.39. The van der Waals surface area contributed by atoms with Gasteiger partial charge in [0.25, 0.3) is 0 Å². The molecule has 1 atom stereocenters. The zero-order valence-electron chi connectivity index (χ0n) is 11.5. The fourth-order valence-corrected chi connectivity index (χ4v) is 1.50. The van der Waals surface area contributed by atoms with Crippen molar-refractivity contribution in [2.75, 3.05) is 33.5 Å². The Morgan fingerprint density at radius 2 is 2.00 bits per heavy atom. The number of rotatable bonds is 9. The van der Waals surface area contributed by atoms with E-state index in [4.69, 9.17) is 19.9 Å². The van der Waals surface area contributed by atoms with Crippen molar-refractivity contribution < 1.29 is 18.6 Å². The summed E-state index contributed by atoms with van der Waals surface area (Å²) in [6, 6.07) is 4.62. The van der Waals surface area contributed by atoms with Crippen LogP contribution in [0.25, 0.3) is 0 Å². The number of hydrogen-bond donors (Lipinski definition) is 1. The second-order valence-electron chi connectivity index (χ2n) is 4.29. The summed E-state index contributed by atoms with van der Waals surface area (Å²) >= 11 is 0. The predicted molar refractivity (Wildman–Crippen MR) is 71.8 cm³/mol. The smallest absolute Gasteiger partial charge is 0.165 e. The van der Waals surface area contributed by atoms with Crippen molar-refractivity contribution in [3.63, 3.8) is 0 Å². The van der Waals surface area contributed by atoms with Crippen molar-refractivity contribution in [3.8, 4) is 5.75 Å². The molecule has 1 aromatic rings. The van der Waals surface area contributed by atoms with Gasteiger partial charge in [-0.2, -0.15) is 0 Å². The largest absolute Gasteiger partial charge is 0.490 e. The van der Waals surface area contributed by atoms with Crippen LogP contribution in [0.1, 0.15) is 24.9 Å². The van der Waals surface area contributed by atoms with Gasteiger partial charge < -0.3 is 19.9 Å². The third-order valence-electron chi connectivity index (χ3n) is 2.60. The minimum Gasteiger partial charge on any atom is -0.490 e. The maximum atomic E-state index is 13.7. The SMILES string of the molecule is COCCOCCCOc1ccc(C(C)N)cc1F. The van der Waals surface area contributed by atoms with Crippen LogP contribution in [0, 0.1) is 5.82 Å². The van der Waals surface area contributed by atoms with Gasteiger partial charge in [0.1, 0.15) is 0 Å². The number of hydrogen-bond acceptors (Lipinski definition) is 4. The molecule has 0 aliphatic carbocycles. The second kappa shape index (κ2) is 8.85. The lowest BCUT2D eigenvalue weighted by molar-refractivity contribution is 0.0642. The van der Waals surface area contributed by atoms with Gasteiger partial charge >= 0.3 is 0 Å². The Kier molecular flexibility index (Phi) is 7.40. The Morgan fingerprint density at radius 1 is 1.21 bits per heavy atom. The minimum absolute atomic E-state index is 0.183. The molecule has 1 rings (SSSR count). The van der Waals surface area contributed by atoms with Gasteiger partial charge in [0.05, 0.1) is 19.8 Å². The van der Waals surface area contributed by atoms with Gasteiger partial charge in [-0.3, -0.25) is 0 Å². The molecule has 19 heavy (non-hydrogen) atoms. The van der Waals surface area contributed by atoms with E-state index in [-0.39, 0.29) is 17.6 Å². The third-order valence-corrected chi connectivity index (χ3v) is 2.60. The van der Waals surface area contributed by atoms with Crippen LogP contribution in [0.3, 0.4) is 0 Å². The summed E-state index contributed by atoms with van der Waals surface area (Å²) in [4.78, 5) is 0. The molecule has 0 aliphatic heterocycles. The zero-order valence-corrected chi connectivity index (χ0v) is 11.5. The van der Waals surface area contributed by atoms with E-state index in [9.17, 15) is 4.39 Å². The minimum atomic E-state index is -0.380. The molecule has 1 unspecified atom stereocenters. The van der Waals surface area contributed by atoms with E-state index in [1.807, 2.05) is 6.92 Å². The molecule has 0 aliphatic rings. The molecular formula is C14H22FNO3. The first kappa shape index (κ1) is 15.9. The second-order valence-corrected chi connectivity index (χ2v) is 4.29. The number of halogens is 1. The van der Waals surface area contributed by atoms with E-state index in [1.165, 1.54) is 6.07 Å². The summed E-state index contributed by atoms with van der Waals surface area (Å²) < 4.78 is 29.1. The Hall–Kier alpha value is -1.17. The fraction of sp³-hybridized carbons (Fsp3) is 0.571. The molecule has 0 saturated heterocycles. The van der Waals surface area contributed by atoms with Crippen molar-refractivity contribution in [2.24, 2.45) is 5.73 Å². The van der Waals surface area contributed by atoms with Crippen molar-refractivity contribution in [1.29, 1.82) is 0 Å². The predicted octanol–water partition coefficient (Wildman–Crippen LogP) is 2.28. The van der Waals surface area contributed by atoms with E-state index >= 15 is 0 Å². The van der Waals surface area contributed by atoms with Crippen LogP contribution < -0.4 is 10.5 Å². The van der Waals surface area contributed by atoms with Gasteiger partial charge in [-0.15, -0.1) is 0 Å². The van der Waals surface area contributed by atoms with Crippen molar-refractivity contribution >= 4 is 0 Å². The molecule has 0 aromatic heterocycles. The summed E-state index contributed by atoms with van der Waals surface area (Å²) in [7, 11) is 1.63. The quantitative estimate of drug-likeness (QED) is 0.700. The van der Waals surface area contributed by atoms with Crippen molar-refractivity contribution in [3.05, 3.63) is 29.6 Å². The Balaban J connectivity index is 2.26. The van der Waals surface area contributed by atoms with Crippen molar-refractivity contribution in [1.82, 2.24) is 0 Å². The van der Waals surface area contributed by atoms with Crippen LogP contribution in [0.5, 0.6) is 5.75 Å². The molecule has 0 heterocycles. The first-order valence-corrected chi connectivity index (χ1v) is 6.39. The number of methoxy groups -OCH3 is 1. The van der Waals surface area contributed by atoms with Crippen LogP contribution in [-0.2, 0) is 9.47 Å². The first-order chi connectivity index (χ1) is 9.15. The number of ether oxygens (including phenoxy) is 3. The van der Waals surface area contributed by atoms with Crippen LogP contribution in [-0.4, -0.2) is 33.5 Å². The van der Waals surface area contributed by atoms with E-state index in [1.54, 1.807) is 19.2 Å². The van der Waals surface area contributed by atoms with Gasteiger partial charge in [-0.25, -0.2) is 4.39 Å². The highest BCUT2D eigenvalue weighted by atomic mass is 19.1. The summed E-state index contributed by atoms with van der Waals surface area (Å²) in [5.41, 5.74) is 6.44. The van der Waals surface area contributed by atoms with Gasteiger partial charge in [0.2, 0.25) is 0 Å². The van der Waals surface area contributed by atoms with Crippen LogP contribution in [0.4, 0.5) is 4.39 Å². The van der Waals surface area contributed by atoms with E-state index < -0.39 is 0 Å². The number of nitrogens with two attached hydrogens (primary N) is 1. The molecule has 0 bridgehead atoms. The molecule has 108 valence electrons. The van der Waals surface area contributed by atoms with Crippen LogP contribution >= 0.6 is 0 Å². The molecule has 0 radical (unpaired) electrons. The third kappa shape index (κ3) is 6.00. The topological polar surface area (TPSA) is 53.7 Å². The fourth-order valence-electron chi connectivity index (χ4n) is 1.50. The standard InChI is InChI=1S/C14H22FNO3/c1-11(16)12-4-5-14(13(15)10-12)19-7-3-6-18-9-8-17-2/h4-5,10-11H,3,6-9,16H2,1-2H3. The lowest BCUT2D eigenvalue weighted by atomic mass is 10.1. The Bertz CT molecular complexity index is 372. The number of benzene rings is 1. The average molecular weight is 271 g/mol. The average Bonchev–Trinajstić information content (AvgIpc) is 2.39. The highest BCUT2D eigenvalue weighted by molar-refractivity contribution is 5.30. The maximum Gasteiger partial charge on any atom is 0.165 e. The molecule has 0 amide bonds. The normalized spacial score (nSPS) is 12.4. The Morgan fingerprint density at radius 3 is 2.63 bits per heavy atom. The summed E-state index contributed by atoms with van der Waals surface area (Å²) in [5, 5.41) is 0. The lowest BCUT2D eigenvalue weighted by Gasteiger charge is -2.10. The summed E-state index contributed by atoms with van der Waals surface area (Å²) in [6.07, 6.45) is 0.707. The van der Waals surface area contributed by atoms with Crippen molar-refractivity contribution in [2.45, 2.75) is 19.4 Å². The summed E-state index contributed by atoms with van der Waals surface area (Å²) in [5.74, 6) is -0.128. The van der Waals surface area contributed by atoms with Gasteiger partial charge in [0, 0.05) is 26.2 Å².